The number of carbonyl (C=O) groups is 1. The number of hydrogen-bond acceptors (Lipinski definition) is 3. The van der Waals surface area contributed by atoms with Crippen LogP contribution in [0.1, 0.15) is 47.7 Å². The molecule has 0 bridgehead atoms. The number of amides is 1. The molecule has 0 atom stereocenters. The summed E-state index contributed by atoms with van der Waals surface area (Å²) in [6.45, 7) is 10.8. The van der Waals surface area contributed by atoms with Gasteiger partial charge in [-0.2, -0.15) is 0 Å². The van der Waals surface area contributed by atoms with Gasteiger partial charge in [-0.1, -0.05) is 43.7 Å². The predicted octanol–water partition coefficient (Wildman–Crippen LogP) is 3.03. The number of carbonyl (C=O) groups excluding carboxylic acids is 1. The van der Waals surface area contributed by atoms with Crippen LogP contribution < -0.4 is 5.32 Å². The van der Waals surface area contributed by atoms with Gasteiger partial charge in [0.05, 0.1) is 6.20 Å². The number of nitrogens with one attached hydrogen (secondary N) is 1. The third-order valence-corrected chi connectivity index (χ3v) is 4.96. The summed E-state index contributed by atoms with van der Waals surface area (Å²) in [6, 6.07) is 8.68. The molecule has 1 aromatic heterocycles. The molecule has 0 saturated heterocycles. The molecule has 26 heavy (non-hydrogen) atoms. The van der Waals surface area contributed by atoms with Gasteiger partial charge in [0.15, 0.2) is 0 Å². The highest BCUT2D eigenvalue weighted by atomic mass is 16.1. The Bertz CT molecular complexity index is 750. The van der Waals surface area contributed by atoms with Gasteiger partial charge in [0.25, 0.3) is 5.91 Å². The Labute approximate surface area is 156 Å². The number of benzene rings is 1. The Morgan fingerprint density at radius 3 is 2.88 bits per heavy atom. The standard InChI is InChI=1S/C21H30N4O/c1-16(2)7-9-22-21(26)19-14-23-20-8-10-24(11-12-25(19)20)15-18-6-4-5-17(3)13-18/h4-6,13-14,16H,7-12,15H2,1-3H3,(H,22,26). The van der Waals surface area contributed by atoms with Gasteiger partial charge in [-0.25, -0.2) is 4.98 Å². The molecule has 1 aliphatic heterocycles. The Morgan fingerprint density at radius 1 is 1.27 bits per heavy atom. The molecule has 0 aliphatic carbocycles. The van der Waals surface area contributed by atoms with Crippen LogP contribution in [0.5, 0.6) is 0 Å². The maximum Gasteiger partial charge on any atom is 0.269 e. The zero-order valence-corrected chi connectivity index (χ0v) is 16.2. The molecule has 140 valence electrons. The van der Waals surface area contributed by atoms with Crippen LogP contribution in [-0.4, -0.2) is 40.0 Å². The first kappa shape index (κ1) is 18.6. The molecule has 0 radical (unpaired) electrons. The third kappa shape index (κ3) is 4.73. The maximum absolute atomic E-state index is 12.5. The van der Waals surface area contributed by atoms with Crippen LogP contribution in [0.15, 0.2) is 30.5 Å². The van der Waals surface area contributed by atoms with E-state index in [9.17, 15) is 4.79 Å². The fourth-order valence-electron chi connectivity index (χ4n) is 3.45. The summed E-state index contributed by atoms with van der Waals surface area (Å²) in [7, 11) is 0. The van der Waals surface area contributed by atoms with Crippen LogP contribution in [0.25, 0.3) is 0 Å². The number of fused-ring (bicyclic) bond motifs is 1. The molecule has 3 rings (SSSR count). The molecule has 0 spiro atoms. The number of imidazole rings is 1. The Balaban J connectivity index is 1.61. The molecule has 1 aromatic carbocycles. The quantitative estimate of drug-likeness (QED) is 0.867. The topological polar surface area (TPSA) is 50.2 Å². The van der Waals surface area contributed by atoms with E-state index in [0.717, 1.165) is 51.4 Å². The van der Waals surface area contributed by atoms with E-state index in [1.165, 1.54) is 11.1 Å². The van der Waals surface area contributed by atoms with Gasteiger partial charge in [0.1, 0.15) is 11.5 Å². The highest BCUT2D eigenvalue weighted by Gasteiger charge is 2.20. The van der Waals surface area contributed by atoms with Crippen molar-refractivity contribution in [1.29, 1.82) is 0 Å². The molecule has 0 unspecified atom stereocenters. The SMILES string of the molecule is Cc1cccc(CN2CCc3ncc(C(=O)NCCC(C)C)n3CC2)c1. The second-order valence-corrected chi connectivity index (χ2v) is 7.66. The van der Waals surface area contributed by atoms with Gasteiger partial charge < -0.3 is 9.88 Å². The van der Waals surface area contributed by atoms with Crippen molar-refractivity contribution in [2.45, 2.75) is 46.7 Å². The Kier molecular flexibility index (Phi) is 6.09. The van der Waals surface area contributed by atoms with Crippen LogP contribution in [-0.2, 0) is 19.5 Å². The second-order valence-electron chi connectivity index (χ2n) is 7.66. The van der Waals surface area contributed by atoms with Gasteiger partial charge >= 0.3 is 0 Å². The average Bonchev–Trinajstić information content (AvgIpc) is 2.90. The molecule has 2 heterocycles. The number of nitrogens with zero attached hydrogens (tertiary/aromatic N) is 3. The second kappa shape index (κ2) is 8.49. The zero-order valence-electron chi connectivity index (χ0n) is 16.2. The molecule has 2 aromatic rings. The molecule has 1 amide bonds. The lowest BCUT2D eigenvalue weighted by Crippen LogP contribution is -2.29. The number of hydrogen-bond donors (Lipinski definition) is 1. The smallest absolute Gasteiger partial charge is 0.269 e. The van der Waals surface area contributed by atoms with E-state index < -0.39 is 0 Å². The highest BCUT2D eigenvalue weighted by molar-refractivity contribution is 5.92. The molecule has 0 fully saturated rings. The van der Waals surface area contributed by atoms with Crippen LogP contribution in [0, 0.1) is 12.8 Å². The van der Waals surface area contributed by atoms with Gasteiger partial charge in [-0.15, -0.1) is 0 Å². The summed E-state index contributed by atoms with van der Waals surface area (Å²) in [5, 5.41) is 3.03. The van der Waals surface area contributed by atoms with Crippen LogP contribution in [0.2, 0.25) is 0 Å². The molecule has 1 N–H and O–H groups in total. The summed E-state index contributed by atoms with van der Waals surface area (Å²) in [5.74, 6) is 1.61. The van der Waals surface area contributed by atoms with E-state index in [2.05, 4.69) is 64.8 Å². The summed E-state index contributed by atoms with van der Waals surface area (Å²) in [6.07, 6.45) is 3.61. The maximum atomic E-state index is 12.5. The molecule has 5 heteroatoms. The lowest BCUT2D eigenvalue weighted by molar-refractivity contribution is 0.0942. The molecular formula is C21H30N4O. The predicted molar refractivity (Wildman–Crippen MR) is 104 cm³/mol. The van der Waals surface area contributed by atoms with Crippen molar-refractivity contribution in [3.8, 4) is 0 Å². The van der Waals surface area contributed by atoms with Crippen LogP contribution in [0.4, 0.5) is 0 Å². The fourth-order valence-corrected chi connectivity index (χ4v) is 3.45. The zero-order chi connectivity index (χ0) is 18.5. The normalized spacial score (nSPS) is 14.9. The number of rotatable bonds is 6. The van der Waals surface area contributed by atoms with E-state index in [4.69, 9.17) is 0 Å². The van der Waals surface area contributed by atoms with Gasteiger partial charge in [-0.3, -0.25) is 9.69 Å². The van der Waals surface area contributed by atoms with E-state index in [0.29, 0.717) is 11.6 Å². The highest BCUT2D eigenvalue weighted by Crippen LogP contribution is 2.15. The van der Waals surface area contributed by atoms with Crippen molar-refractivity contribution in [1.82, 2.24) is 19.8 Å². The van der Waals surface area contributed by atoms with Crippen molar-refractivity contribution in [3.05, 3.63) is 53.1 Å². The van der Waals surface area contributed by atoms with Gasteiger partial charge in [-0.05, 0) is 24.8 Å². The first-order chi connectivity index (χ1) is 12.5. The van der Waals surface area contributed by atoms with Crippen molar-refractivity contribution < 1.29 is 4.79 Å². The van der Waals surface area contributed by atoms with Crippen molar-refractivity contribution in [2.75, 3.05) is 19.6 Å². The fraction of sp³-hybridized carbons (Fsp3) is 0.524. The summed E-state index contributed by atoms with van der Waals surface area (Å²) in [5.41, 5.74) is 3.34. The lowest BCUT2D eigenvalue weighted by atomic mass is 10.1. The van der Waals surface area contributed by atoms with Gasteiger partial charge in [0, 0.05) is 39.1 Å². The Hall–Kier alpha value is -2.14. The van der Waals surface area contributed by atoms with E-state index in [1.807, 2.05) is 0 Å². The van der Waals surface area contributed by atoms with Crippen molar-refractivity contribution in [3.63, 3.8) is 0 Å². The molecular weight excluding hydrogens is 324 g/mol. The molecule has 1 aliphatic rings. The first-order valence-corrected chi connectivity index (χ1v) is 9.63. The summed E-state index contributed by atoms with van der Waals surface area (Å²) >= 11 is 0. The minimum absolute atomic E-state index is 0.00321. The Morgan fingerprint density at radius 2 is 2.12 bits per heavy atom. The summed E-state index contributed by atoms with van der Waals surface area (Å²) in [4.78, 5) is 19.5. The first-order valence-electron chi connectivity index (χ1n) is 9.63. The van der Waals surface area contributed by atoms with Crippen molar-refractivity contribution >= 4 is 5.91 Å². The monoisotopic (exact) mass is 354 g/mol. The van der Waals surface area contributed by atoms with Gasteiger partial charge in [0.2, 0.25) is 0 Å². The van der Waals surface area contributed by atoms with E-state index in [-0.39, 0.29) is 5.91 Å². The number of aryl methyl sites for hydroxylation is 1. The molecule has 0 saturated carbocycles. The van der Waals surface area contributed by atoms with Crippen LogP contribution in [0.3, 0.4) is 0 Å². The third-order valence-electron chi connectivity index (χ3n) is 4.96. The lowest BCUT2D eigenvalue weighted by Gasteiger charge is -2.20. The van der Waals surface area contributed by atoms with Crippen molar-refractivity contribution in [2.24, 2.45) is 5.92 Å². The van der Waals surface area contributed by atoms with E-state index >= 15 is 0 Å². The van der Waals surface area contributed by atoms with E-state index in [1.54, 1.807) is 6.20 Å². The minimum atomic E-state index is -0.00321. The van der Waals surface area contributed by atoms with Crippen LogP contribution >= 0.6 is 0 Å². The average molecular weight is 354 g/mol. The number of aromatic nitrogens is 2. The summed E-state index contributed by atoms with van der Waals surface area (Å²) < 4.78 is 2.10. The molecule has 5 nitrogen and oxygen atoms in total. The largest absolute Gasteiger partial charge is 0.351 e. The minimum Gasteiger partial charge on any atom is -0.351 e.